The number of aromatic nitrogens is 1. The standard InChI is InChI=1S/C12H16ClN3O3S2/c1-2-21(18,19)10-7-20-4-3-16(10)12(17)9-5-8(14)6-15-11(9)13/h5-6,10H,2-4,7,14H2,1H3. The molecule has 0 aliphatic carbocycles. The van der Waals surface area contributed by atoms with Crippen molar-refractivity contribution in [3.63, 3.8) is 0 Å². The number of rotatable bonds is 3. The monoisotopic (exact) mass is 349 g/mol. The Balaban J connectivity index is 2.37. The van der Waals surface area contributed by atoms with Crippen LogP contribution < -0.4 is 5.73 Å². The molecule has 1 aliphatic rings. The van der Waals surface area contributed by atoms with E-state index in [0.29, 0.717) is 23.7 Å². The van der Waals surface area contributed by atoms with Crippen molar-refractivity contribution >= 4 is 44.8 Å². The molecule has 1 aromatic rings. The maximum absolute atomic E-state index is 12.6. The lowest BCUT2D eigenvalue weighted by molar-refractivity contribution is 0.0749. The highest BCUT2D eigenvalue weighted by Crippen LogP contribution is 2.25. The van der Waals surface area contributed by atoms with Crippen LogP contribution in [0.25, 0.3) is 0 Å². The number of pyridine rings is 1. The Bertz CT molecular complexity index is 651. The fourth-order valence-electron chi connectivity index (χ4n) is 2.07. The molecule has 1 saturated heterocycles. The predicted molar refractivity (Wildman–Crippen MR) is 85.3 cm³/mol. The summed E-state index contributed by atoms with van der Waals surface area (Å²) < 4.78 is 24.3. The summed E-state index contributed by atoms with van der Waals surface area (Å²) >= 11 is 7.46. The largest absolute Gasteiger partial charge is 0.397 e. The Morgan fingerprint density at radius 1 is 1.62 bits per heavy atom. The second-order valence-electron chi connectivity index (χ2n) is 4.59. The van der Waals surface area contributed by atoms with Gasteiger partial charge < -0.3 is 10.6 Å². The first-order chi connectivity index (χ1) is 9.86. The lowest BCUT2D eigenvalue weighted by Crippen LogP contribution is -2.50. The van der Waals surface area contributed by atoms with Gasteiger partial charge in [0.15, 0.2) is 9.84 Å². The molecule has 0 saturated carbocycles. The molecule has 1 fully saturated rings. The zero-order chi connectivity index (χ0) is 15.6. The van der Waals surface area contributed by atoms with Crippen LogP contribution >= 0.6 is 23.4 Å². The lowest BCUT2D eigenvalue weighted by Gasteiger charge is -2.34. The van der Waals surface area contributed by atoms with Gasteiger partial charge in [-0.2, -0.15) is 11.8 Å². The molecule has 1 aliphatic heterocycles. The van der Waals surface area contributed by atoms with Gasteiger partial charge in [0.1, 0.15) is 10.5 Å². The summed E-state index contributed by atoms with van der Waals surface area (Å²) in [5.74, 6) is 0.608. The van der Waals surface area contributed by atoms with Crippen molar-refractivity contribution in [3.05, 3.63) is 23.0 Å². The normalized spacial score (nSPS) is 19.5. The average Bonchev–Trinajstić information content (AvgIpc) is 2.49. The van der Waals surface area contributed by atoms with Gasteiger partial charge in [0.05, 0.1) is 17.4 Å². The average molecular weight is 350 g/mol. The van der Waals surface area contributed by atoms with Crippen molar-refractivity contribution in [1.29, 1.82) is 0 Å². The molecule has 1 atom stereocenters. The number of carbonyl (C=O) groups excluding carboxylic acids is 1. The highest BCUT2D eigenvalue weighted by atomic mass is 35.5. The van der Waals surface area contributed by atoms with E-state index in [-0.39, 0.29) is 16.5 Å². The van der Waals surface area contributed by atoms with E-state index < -0.39 is 21.1 Å². The Morgan fingerprint density at radius 2 is 2.33 bits per heavy atom. The highest BCUT2D eigenvalue weighted by Gasteiger charge is 2.36. The number of nitrogens with zero attached hydrogens (tertiary/aromatic N) is 2. The van der Waals surface area contributed by atoms with Crippen LogP contribution in [0.3, 0.4) is 0 Å². The molecule has 9 heteroatoms. The van der Waals surface area contributed by atoms with Crippen LogP contribution in [0.5, 0.6) is 0 Å². The van der Waals surface area contributed by atoms with E-state index in [0.717, 1.165) is 0 Å². The fraction of sp³-hybridized carbons (Fsp3) is 0.500. The second kappa shape index (κ2) is 6.41. The molecular weight excluding hydrogens is 334 g/mol. The molecule has 1 unspecified atom stereocenters. The Kier molecular flexibility index (Phi) is 5.00. The van der Waals surface area contributed by atoms with E-state index in [2.05, 4.69) is 4.98 Å². The summed E-state index contributed by atoms with van der Waals surface area (Å²) in [4.78, 5) is 17.8. The van der Waals surface area contributed by atoms with Gasteiger partial charge in [-0.25, -0.2) is 13.4 Å². The van der Waals surface area contributed by atoms with Gasteiger partial charge in [-0.15, -0.1) is 0 Å². The maximum atomic E-state index is 12.6. The summed E-state index contributed by atoms with van der Waals surface area (Å²) in [7, 11) is -3.36. The van der Waals surface area contributed by atoms with Crippen LogP contribution in [0.15, 0.2) is 12.3 Å². The van der Waals surface area contributed by atoms with Crippen molar-refractivity contribution in [2.45, 2.75) is 12.3 Å². The second-order valence-corrected chi connectivity index (χ2v) is 8.54. The van der Waals surface area contributed by atoms with E-state index in [9.17, 15) is 13.2 Å². The molecule has 21 heavy (non-hydrogen) atoms. The number of anilines is 1. The highest BCUT2D eigenvalue weighted by molar-refractivity contribution is 8.01. The molecule has 2 rings (SSSR count). The zero-order valence-corrected chi connectivity index (χ0v) is 13.8. The maximum Gasteiger partial charge on any atom is 0.258 e. The van der Waals surface area contributed by atoms with Crippen molar-refractivity contribution in [2.75, 3.05) is 29.5 Å². The number of hydrogen-bond acceptors (Lipinski definition) is 6. The number of nitrogen functional groups attached to an aromatic ring is 1. The molecule has 0 aromatic carbocycles. The molecule has 0 radical (unpaired) electrons. The van der Waals surface area contributed by atoms with Gasteiger partial charge in [0.25, 0.3) is 5.91 Å². The smallest absolute Gasteiger partial charge is 0.258 e. The number of halogens is 1. The van der Waals surface area contributed by atoms with E-state index in [1.807, 2.05) is 0 Å². The van der Waals surface area contributed by atoms with Crippen molar-refractivity contribution in [2.24, 2.45) is 0 Å². The first-order valence-corrected chi connectivity index (χ1v) is 9.63. The third kappa shape index (κ3) is 3.44. The molecule has 0 spiro atoms. The summed E-state index contributed by atoms with van der Waals surface area (Å²) in [6.45, 7) is 1.94. The van der Waals surface area contributed by atoms with E-state index in [4.69, 9.17) is 17.3 Å². The summed E-state index contributed by atoms with van der Waals surface area (Å²) in [6, 6.07) is 1.43. The van der Waals surface area contributed by atoms with Crippen LogP contribution in [0.2, 0.25) is 5.15 Å². The Hall–Kier alpha value is -0.990. The van der Waals surface area contributed by atoms with Crippen LogP contribution in [-0.4, -0.2) is 53.4 Å². The molecule has 2 heterocycles. The molecule has 6 nitrogen and oxygen atoms in total. The summed E-state index contributed by atoms with van der Waals surface area (Å²) in [5, 5.41) is -0.800. The number of thioether (sulfide) groups is 1. The van der Waals surface area contributed by atoms with Crippen LogP contribution in [0.4, 0.5) is 5.69 Å². The van der Waals surface area contributed by atoms with Gasteiger partial charge >= 0.3 is 0 Å². The Morgan fingerprint density at radius 3 is 3.00 bits per heavy atom. The number of amides is 1. The summed E-state index contributed by atoms with van der Waals surface area (Å²) in [6.07, 6.45) is 1.35. The minimum Gasteiger partial charge on any atom is -0.397 e. The fourth-order valence-corrected chi connectivity index (χ4v) is 5.22. The van der Waals surface area contributed by atoms with E-state index in [1.54, 1.807) is 6.92 Å². The number of sulfone groups is 1. The number of nitrogens with two attached hydrogens (primary N) is 1. The predicted octanol–water partition coefficient (Wildman–Crippen LogP) is 1.27. The van der Waals surface area contributed by atoms with Crippen LogP contribution in [-0.2, 0) is 9.84 Å². The molecule has 0 bridgehead atoms. The summed E-state index contributed by atoms with van der Waals surface area (Å²) in [5.41, 5.74) is 6.08. The van der Waals surface area contributed by atoms with Gasteiger partial charge in [-0.1, -0.05) is 18.5 Å². The van der Waals surface area contributed by atoms with Gasteiger partial charge in [-0.05, 0) is 6.07 Å². The van der Waals surface area contributed by atoms with Crippen molar-refractivity contribution in [1.82, 2.24) is 9.88 Å². The quantitative estimate of drug-likeness (QED) is 0.826. The zero-order valence-electron chi connectivity index (χ0n) is 11.5. The van der Waals surface area contributed by atoms with Crippen LogP contribution in [0, 0.1) is 0 Å². The van der Waals surface area contributed by atoms with Crippen molar-refractivity contribution < 1.29 is 13.2 Å². The Labute approximate surface area is 133 Å². The minimum atomic E-state index is -3.36. The van der Waals surface area contributed by atoms with Crippen LogP contribution in [0.1, 0.15) is 17.3 Å². The molecule has 2 N–H and O–H groups in total. The van der Waals surface area contributed by atoms with E-state index >= 15 is 0 Å². The minimum absolute atomic E-state index is 0.00901. The molecule has 116 valence electrons. The van der Waals surface area contributed by atoms with Gasteiger partial charge in [-0.3, -0.25) is 4.79 Å². The number of carbonyl (C=O) groups is 1. The molecular formula is C12H16ClN3O3S2. The third-order valence-corrected chi connectivity index (χ3v) is 6.84. The number of hydrogen-bond donors (Lipinski definition) is 1. The molecule has 1 amide bonds. The van der Waals surface area contributed by atoms with Gasteiger partial charge in [0, 0.05) is 23.8 Å². The topological polar surface area (TPSA) is 93.4 Å². The first-order valence-electron chi connectivity index (χ1n) is 6.38. The molecule has 1 aromatic heterocycles. The lowest BCUT2D eigenvalue weighted by atomic mass is 10.2. The van der Waals surface area contributed by atoms with Gasteiger partial charge in [0.2, 0.25) is 0 Å². The third-order valence-electron chi connectivity index (χ3n) is 3.25. The van der Waals surface area contributed by atoms with E-state index in [1.165, 1.54) is 28.9 Å². The first kappa shape index (κ1) is 16.4. The SMILES string of the molecule is CCS(=O)(=O)C1CSCCN1C(=O)c1cc(N)cnc1Cl. The van der Waals surface area contributed by atoms with Crippen molar-refractivity contribution in [3.8, 4) is 0 Å².